The van der Waals surface area contributed by atoms with Crippen molar-refractivity contribution < 1.29 is 9.90 Å². The molecule has 1 saturated heterocycles. The van der Waals surface area contributed by atoms with Gasteiger partial charge in [0.05, 0.1) is 17.8 Å². The van der Waals surface area contributed by atoms with E-state index in [-0.39, 0.29) is 5.56 Å². The molecule has 0 saturated carbocycles. The quantitative estimate of drug-likeness (QED) is 0.789. The molecule has 2 rings (SSSR count). The summed E-state index contributed by atoms with van der Waals surface area (Å²) in [6, 6.07) is 0. The first-order valence-corrected chi connectivity index (χ1v) is 4.95. The molecule has 2 heterocycles. The van der Waals surface area contributed by atoms with Crippen LogP contribution in [0.3, 0.4) is 0 Å². The van der Waals surface area contributed by atoms with E-state index in [1.54, 1.807) is 6.92 Å². The third-order valence-electron chi connectivity index (χ3n) is 2.57. The molecule has 0 radical (unpaired) electrons. The second-order valence-corrected chi connectivity index (χ2v) is 3.72. The van der Waals surface area contributed by atoms with Crippen LogP contribution in [0.25, 0.3) is 0 Å². The summed E-state index contributed by atoms with van der Waals surface area (Å²) in [4.78, 5) is 21.2. The summed E-state index contributed by atoms with van der Waals surface area (Å²) in [5.41, 5.74) is 0.718. The second kappa shape index (κ2) is 3.94. The van der Waals surface area contributed by atoms with E-state index in [2.05, 4.69) is 14.9 Å². The Balaban J connectivity index is 2.13. The number of carboxylic acid groups (broad SMARTS) is 1. The highest BCUT2D eigenvalue weighted by atomic mass is 16.4. The van der Waals surface area contributed by atoms with Gasteiger partial charge < -0.3 is 5.11 Å². The fourth-order valence-corrected chi connectivity index (χ4v) is 1.54. The summed E-state index contributed by atoms with van der Waals surface area (Å²) in [7, 11) is 0. The van der Waals surface area contributed by atoms with E-state index in [9.17, 15) is 4.79 Å². The Labute approximate surface area is 87.8 Å². The van der Waals surface area contributed by atoms with Crippen LogP contribution in [0.15, 0.2) is 6.20 Å². The van der Waals surface area contributed by atoms with Crippen molar-refractivity contribution in [3.05, 3.63) is 23.3 Å². The lowest BCUT2D eigenvalue weighted by atomic mass is 10.2. The highest BCUT2D eigenvalue weighted by molar-refractivity contribution is 5.88. The predicted molar refractivity (Wildman–Crippen MR) is 53.6 cm³/mol. The van der Waals surface area contributed by atoms with E-state index < -0.39 is 5.97 Å². The number of carbonyl (C=O) groups is 1. The number of aryl methyl sites for hydroxylation is 1. The average molecular weight is 207 g/mol. The summed E-state index contributed by atoms with van der Waals surface area (Å²) in [6.07, 6.45) is 2.62. The van der Waals surface area contributed by atoms with E-state index in [0.717, 1.165) is 19.6 Å². The summed E-state index contributed by atoms with van der Waals surface area (Å²) in [6.45, 7) is 4.59. The molecule has 0 spiro atoms. The molecule has 1 aromatic heterocycles. The van der Waals surface area contributed by atoms with E-state index in [0.29, 0.717) is 11.5 Å². The molecule has 1 aromatic rings. The van der Waals surface area contributed by atoms with Crippen molar-refractivity contribution in [2.24, 2.45) is 0 Å². The summed E-state index contributed by atoms with van der Waals surface area (Å²) >= 11 is 0. The SMILES string of the molecule is Cc1nc(CN2CCC2)ncc1C(=O)O. The van der Waals surface area contributed by atoms with Gasteiger partial charge in [0.25, 0.3) is 0 Å². The smallest absolute Gasteiger partial charge is 0.339 e. The fraction of sp³-hybridized carbons (Fsp3) is 0.500. The minimum absolute atomic E-state index is 0.183. The van der Waals surface area contributed by atoms with Gasteiger partial charge in [0.1, 0.15) is 5.82 Å². The molecular weight excluding hydrogens is 194 g/mol. The Bertz CT molecular complexity index is 388. The Kier molecular flexibility index (Phi) is 2.64. The number of nitrogens with zero attached hydrogens (tertiary/aromatic N) is 3. The predicted octanol–water partition coefficient (Wildman–Crippen LogP) is 0.689. The average Bonchev–Trinajstić information content (AvgIpc) is 2.11. The molecule has 0 aromatic carbocycles. The van der Waals surface area contributed by atoms with Crippen molar-refractivity contribution >= 4 is 5.97 Å². The van der Waals surface area contributed by atoms with Gasteiger partial charge in [0.2, 0.25) is 0 Å². The largest absolute Gasteiger partial charge is 0.478 e. The first-order chi connectivity index (χ1) is 7.16. The summed E-state index contributed by atoms with van der Waals surface area (Å²) in [5.74, 6) is -0.264. The molecule has 1 N–H and O–H groups in total. The van der Waals surface area contributed by atoms with Crippen LogP contribution in [0.5, 0.6) is 0 Å². The molecule has 0 unspecified atom stereocenters. The molecule has 0 bridgehead atoms. The number of aromatic nitrogens is 2. The third kappa shape index (κ3) is 2.12. The maximum absolute atomic E-state index is 10.7. The molecular formula is C10H13N3O2. The van der Waals surface area contributed by atoms with Gasteiger partial charge >= 0.3 is 5.97 Å². The number of hydrogen-bond acceptors (Lipinski definition) is 4. The van der Waals surface area contributed by atoms with Gasteiger partial charge in [0, 0.05) is 6.20 Å². The Morgan fingerprint density at radius 3 is 2.80 bits per heavy atom. The molecule has 15 heavy (non-hydrogen) atoms. The van der Waals surface area contributed by atoms with Gasteiger partial charge in [-0.2, -0.15) is 0 Å². The molecule has 5 nitrogen and oxygen atoms in total. The zero-order chi connectivity index (χ0) is 10.8. The third-order valence-corrected chi connectivity index (χ3v) is 2.57. The molecule has 0 amide bonds. The van der Waals surface area contributed by atoms with Crippen molar-refractivity contribution in [3.8, 4) is 0 Å². The maximum atomic E-state index is 10.7. The molecule has 1 aliphatic rings. The summed E-state index contributed by atoms with van der Waals surface area (Å²) in [5, 5.41) is 8.81. The molecule has 0 atom stereocenters. The minimum atomic E-state index is -0.969. The van der Waals surface area contributed by atoms with Gasteiger partial charge in [-0.25, -0.2) is 14.8 Å². The van der Waals surface area contributed by atoms with Crippen LogP contribution in [0, 0.1) is 6.92 Å². The minimum Gasteiger partial charge on any atom is -0.478 e. The van der Waals surface area contributed by atoms with Gasteiger partial charge in [0.15, 0.2) is 0 Å². The lowest BCUT2D eigenvalue weighted by Gasteiger charge is -2.29. The number of carboxylic acids is 1. The first kappa shape index (κ1) is 10.0. The van der Waals surface area contributed by atoms with Crippen LogP contribution in [-0.2, 0) is 6.54 Å². The number of likely N-dealkylation sites (tertiary alicyclic amines) is 1. The molecule has 1 aliphatic heterocycles. The Morgan fingerprint density at radius 2 is 2.33 bits per heavy atom. The van der Waals surface area contributed by atoms with Crippen molar-refractivity contribution in [1.29, 1.82) is 0 Å². The monoisotopic (exact) mass is 207 g/mol. The Morgan fingerprint density at radius 1 is 1.60 bits per heavy atom. The van der Waals surface area contributed by atoms with Crippen LogP contribution in [-0.4, -0.2) is 39.0 Å². The highest BCUT2D eigenvalue weighted by Crippen LogP contribution is 2.10. The van der Waals surface area contributed by atoms with Crippen molar-refractivity contribution in [1.82, 2.24) is 14.9 Å². The number of rotatable bonds is 3. The zero-order valence-corrected chi connectivity index (χ0v) is 8.60. The van der Waals surface area contributed by atoms with Crippen molar-refractivity contribution in [2.45, 2.75) is 19.9 Å². The normalized spacial score (nSPS) is 16.1. The van der Waals surface area contributed by atoms with Crippen LogP contribution in [0.4, 0.5) is 0 Å². The zero-order valence-electron chi connectivity index (χ0n) is 8.60. The molecule has 0 aliphatic carbocycles. The van der Waals surface area contributed by atoms with E-state index in [1.807, 2.05) is 0 Å². The van der Waals surface area contributed by atoms with Gasteiger partial charge in [-0.15, -0.1) is 0 Å². The molecule has 80 valence electrons. The van der Waals surface area contributed by atoms with E-state index >= 15 is 0 Å². The van der Waals surface area contributed by atoms with Crippen LogP contribution in [0.1, 0.15) is 28.3 Å². The lowest BCUT2D eigenvalue weighted by Crippen LogP contribution is -2.36. The Hall–Kier alpha value is -1.49. The topological polar surface area (TPSA) is 66.3 Å². The number of hydrogen-bond donors (Lipinski definition) is 1. The maximum Gasteiger partial charge on any atom is 0.339 e. The van der Waals surface area contributed by atoms with Crippen LogP contribution < -0.4 is 0 Å². The standard InChI is InChI=1S/C10H13N3O2/c1-7-8(10(14)15)5-11-9(12-7)6-13-3-2-4-13/h5H,2-4,6H2,1H3,(H,14,15). The highest BCUT2D eigenvalue weighted by Gasteiger charge is 2.16. The first-order valence-electron chi connectivity index (χ1n) is 4.95. The van der Waals surface area contributed by atoms with E-state index in [4.69, 9.17) is 5.11 Å². The van der Waals surface area contributed by atoms with E-state index in [1.165, 1.54) is 12.6 Å². The number of aromatic carboxylic acids is 1. The van der Waals surface area contributed by atoms with Crippen LogP contribution >= 0.6 is 0 Å². The van der Waals surface area contributed by atoms with Gasteiger partial charge in [-0.05, 0) is 26.4 Å². The van der Waals surface area contributed by atoms with Gasteiger partial charge in [-0.1, -0.05) is 0 Å². The molecule has 5 heteroatoms. The second-order valence-electron chi connectivity index (χ2n) is 3.72. The van der Waals surface area contributed by atoms with Crippen molar-refractivity contribution in [2.75, 3.05) is 13.1 Å². The van der Waals surface area contributed by atoms with Crippen molar-refractivity contribution in [3.63, 3.8) is 0 Å². The molecule has 1 fully saturated rings. The van der Waals surface area contributed by atoms with Crippen LogP contribution in [0.2, 0.25) is 0 Å². The lowest BCUT2D eigenvalue weighted by molar-refractivity contribution is 0.0695. The fourth-order valence-electron chi connectivity index (χ4n) is 1.54. The summed E-state index contributed by atoms with van der Waals surface area (Å²) < 4.78 is 0. The van der Waals surface area contributed by atoms with Gasteiger partial charge in [-0.3, -0.25) is 4.90 Å².